The number of hydrogen-bond acceptors (Lipinski definition) is 5. The van der Waals surface area contributed by atoms with Gasteiger partial charge in [0.1, 0.15) is 5.69 Å². The van der Waals surface area contributed by atoms with Crippen molar-refractivity contribution in [3.63, 3.8) is 0 Å². The fraction of sp³-hybridized carbons (Fsp3) is 0. The van der Waals surface area contributed by atoms with Crippen LogP contribution in [-0.2, 0) is 20.1 Å². The molecular weight excluding hydrogens is 793 g/mol. The first-order valence-electron chi connectivity index (χ1n) is 16.1. The van der Waals surface area contributed by atoms with Gasteiger partial charge in [-0.3, -0.25) is 10.1 Å². The molecule has 5 aromatic carbocycles. The van der Waals surface area contributed by atoms with Crippen LogP contribution in [0.5, 0.6) is 0 Å². The summed E-state index contributed by atoms with van der Waals surface area (Å²) in [5.41, 5.74) is 9.22. The van der Waals surface area contributed by atoms with Crippen molar-refractivity contribution < 1.29 is 20.1 Å². The molecule has 2 aliphatic heterocycles. The van der Waals surface area contributed by atoms with Crippen molar-refractivity contribution in [2.75, 3.05) is 9.80 Å². The average Bonchev–Trinajstić information content (AvgIpc) is 3.70. The van der Waals surface area contributed by atoms with Gasteiger partial charge in [-0.2, -0.15) is 28.4 Å². The number of aromatic amines is 1. The zero-order valence-corrected chi connectivity index (χ0v) is 29.5. The van der Waals surface area contributed by atoms with Gasteiger partial charge in [-0.15, -0.1) is 35.4 Å². The van der Waals surface area contributed by atoms with E-state index >= 15 is 0 Å². The number of H-pyrrole nitrogens is 1. The Balaban J connectivity index is 0.000000128. The van der Waals surface area contributed by atoms with Crippen LogP contribution in [0.15, 0.2) is 176 Å². The van der Waals surface area contributed by atoms with E-state index < -0.39 is 0 Å². The van der Waals surface area contributed by atoms with Gasteiger partial charge in [-0.1, -0.05) is 110 Å². The van der Waals surface area contributed by atoms with Crippen LogP contribution in [0.2, 0.25) is 0 Å². The summed E-state index contributed by atoms with van der Waals surface area (Å²) in [4.78, 5) is 12.9. The van der Waals surface area contributed by atoms with Crippen molar-refractivity contribution in [2.45, 2.75) is 0 Å². The Morgan fingerprint density at radius 1 is 0.500 bits per heavy atom. The van der Waals surface area contributed by atoms with Crippen LogP contribution >= 0.6 is 0 Å². The molecule has 0 saturated carbocycles. The number of pyridine rings is 1. The van der Waals surface area contributed by atoms with E-state index in [1.807, 2.05) is 60.7 Å². The zero-order chi connectivity index (χ0) is 33.1. The van der Waals surface area contributed by atoms with E-state index in [0.29, 0.717) is 11.6 Å². The third-order valence-electron chi connectivity index (χ3n) is 7.91. The molecular formula is C43H34IrN6-2. The Bertz CT molecular complexity index is 1980. The summed E-state index contributed by atoms with van der Waals surface area (Å²) in [6.07, 6.45) is 10.2. The summed E-state index contributed by atoms with van der Waals surface area (Å²) in [5, 5.41) is 7.08. The maximum atomic E-state index is 4.42. The maximum absolute atomic E-state index is 4.42. The van der Waals surface area contributed by atoms with Crippen LogP contribution in [0.25, 0.3) is 35.1 Å². The van der Waals surface area contributed by atoms with Crippen molar-refractivity contribution in [1.82, 2.24) is 20.2 Å². The van der Waals surface area contributed by atoms with Gasteiger partial charge < -0.3 is 9.80 Å². The van der Waals surface area contributed by atoms with E-state index in [-0.39, 0.29) is 20.1 Å². The van der Waals surface area contributed by atoms with E-state index in [2.05, 4.69) is 165 Å². The van der Waals surface area contributed by atoms with Crippen LogP contribution in [0.1, 0.15) is 22.3 Å². The Morgan fingerprint density at radius 2 is 0.980 bits per heavy atom. The molecule has 0 fully saturated rings. The Labute approximate surface area is 306 Å². The van der Waals surface area contributed by atoms with E-state index in [9.17, 15) is 0 Å². The van der Waals surface area contributed by atoms with Crippen LogP contribution in [0.3, 0.4) is 0 Å². The minimum atomic E-state index is 0. The molecule has 0 unspecified atom stereocenters. The number of nitrogens with zero attached hydrogens (tertiary/aromatic N) is 5. The molecule has 0 amide bonds. The normalized spacial score (nSPS) is 11.9. The number of aromatic nitrogens is 4. The molecule has 0 atom stereocenters. The molecule has 0 spiro atoms. The second-order valence-electron chi connectivity index (χ2n) is 11.2. The van der Waals surface area contributed by atoms with Crippen LogP contribution in [0, 0.1) is 13.1 Å². The molecule has 4 heterocycles. The average molecular weight is 827 g/mol. The predicted octanol–water partition coefficient (Wildman–Crippen LogP) is 9.91. The molecule has 1 radical (unpaired) electrons. The zero-order valence-electron chi connectivity index (χ0n) is 27.1. The fourth-order valence-electron chi connectivity index (χ4n) is 5.38. The fourth-order valence-corrected chi connectivity index (χ4v) is 5.38. The summed E-state index contributed by atoms with van der Waals surface area (Å²) in [6.45, 7) is 4.31. The Morgan fingerprint density at radius 3 is 1.50 bits per heavy atom. The molecule has 0 aliphatic carbocycles. The summed E-state index contributed by atoms with van der Waals surface area (Å²) in [7, 11) is 0. The molecule has 50 heavy (non-hydrogen) atoms. The third kappa shape index (κ3) is 8.47. The second kappa shape index (κ2) is 16.8. The smallest absolute Gasteiger partial charge is 0.181 e. The van der Waals surface area contributed by atoms with Crippen molar-refractivity contribution in [3.8, 4) is 22.9 Å². The van der Waals surface area contributed by atoms with Crippen molar-refractivity contribution in [1.29, 1.82) is 0 Å². The van der Waals surface area contributed by atoms with Gasteiger partial charge in [0.05, 0.1) is 0 Å². The molecule has 7 aromatic rings. The molecule has 6 nitrogen and oxygen atoms in total. The minimum absolute atomic E-state index is 0. The van der Waals surface area contributed by atoms with Gasteiger partial charge in [0.15, 0.2) is 11.6 Å². The monoisotopic (exact) mass is 827 g/mol. The van der Waals surface area contributed by atoms with Gasteiger partial charge >= 0.3 is 0 Å². The van der Waals surface area contributed by atoms with Crippen molar-refractivity contribution in [2.24, 2.45) is 0 Å². The molecule has 7 heteroatoms. The van der Waals surface area contributed by atoms with Gasteiger partial charge in [-0.25, -0.2) is 4.98 Å². The number of nitrogens with one attached hydrogen (secondary N) is 1. The Kier molecular flexibility index (Phi) is 11.3. The van der Waals surface area contributed by atoms with Crippen molar-refractivity contribution >= 4 is 23.5 Å². The van der Waals surface area contributed by atoms with E-state index in [1.165, 1.54) is 33.6 Å². The minimum Gasteiger partial charge on any atom is -0.379 e. The van der Waals surface area contributed by atoms with Gasteiger partial charge in [0.2, 0.25) is 0 Å². The number of para-hydroxylation sites is 2. The topological polar surface area (TPSA) is 60.9 Å². The first kappa shape index (κ1) is 33.7. The largest absolute Gasteiger partial charge is 0.379 e. The summed E-state index contributed by atoms with van der Waals surface area (Å²) >= 11 is 0. The second-order valence-corrected chi connectivity index (χ2v) is 11.2. The molecule has 2 aliphatic rings. The van der Waals surface area contributed by atoms with Crippen LogP contribution < -0.4 is 9.80 Å². The summed E-state index contributed by atoms with van der Waals surface area (Å²) in [6, 6.07) is 53.0. The molecule has 0 bridgehead atoms. The predicted molar refractivity (Wildman–Crippen MR) is 201 cm³/mol. The first-order chi connectivity index (χ1) is 24.3. The number of benzene rings is 5. The maximum Gasteiger partial charge on any atom is 0.181 e. The summed E-state index contributed by atoms with van der Waals surface area (Å²) in [5.74, 6) is 1.37. The molecule has 0 saturated heterocycles. The number of fused-ring (bicyclic) bond motifs is 2. The summed E-state index contributed by atoms with van der Waals surface area (Å²) < 4.78 is 0. The standard InChI is InChI=1S/2C15H12N.C13H10N4.Ir/c2*1-2-8-15(9-3-1)16-11-10-13-6-4-5-7-14(13)12-16;1-2-6-10(7-3-1)12-15-13(17-16-12)11-8-4-5-9-14-11;/h2*1-12H;1-9H,(H,15,16,17);/q2*-1;;. The Hall–Kier alpha value is -6.14. The molecule has 2 aromatic heterocycles. The van der Waals surface area contributed by atoms with E-state index in [0.717, 1.165) is 11.3 Å². The van der Waals surface area contributed by atoms with Gasteiger partial charge in [0, 0.05) is 43.2 Å². The van der Waals surface area contributed by atoms with E-state index in [4.69, 9.17) is 0 Å². The quantitative estimate of drug-likeness (QED) is 0.179. The molecule has 9 rings (SSSR count). The molecule has 247 valence electrons. The van der Waals surface area contributed by atoms with Crippen LogP contribution in [-0.4, -0.2) is 20.2 Å². The first-order valence-corrected chi connectivity index (χ1v) is 16.1. The van der Waals surface area contributed by atoms with Crippen LogP contribution in [0.4, 0.5) is 11.4 Å². The van der Waals surface area contributed by atoms with E-state index in [1.54, 1.807) is 6.20 Å². The SMILES string of the molecule is C1=CN(c2ccccc2)[CH-]c2ccccc21.C1=CN(c2ccccc2)[CH-]c2ccccc21.[Ir].c1ccc(-c2n[nH]c(-c3ccccn3)n2)cc1. The number of anilines is 2. The van der Waals surface area contributed by atoms with Crippen molar-refractivity contribution in [3.05, 3.63) is 212 Å². The third-order valence-corrected chi connectivity index (χ3v) is 7.91. The van der Waals surface area contributed by atoms with Gasteiger partial charge in [-0.05, 0) is 48.8 Å². The molecule has 1 N–H and O–H groups in total. The van der Waals surface area contributed by atoms with Gasteiger partial charge in [0.25, 0.3) is 0 Å². The number of rotatable bonds is 4. The number of hydrogen-bond donors (Lipinski definition) is 1.